The molecule has 0 radical (unpaired) electrons. The highest BCUT2D eigenvalue weighted by molar-refractivity contribution is 7.20. The lowest BCUT2D eigenvalue weighted by molar-refractivity contribution is -0.134. The summed E-state index contributed by atoms with van der Waals surface area (Å²) in [7, 11) is 0. The van der Waals surface area contributed by atoms with Crippen molar-refractivity contribution >= 4 is 33.4 Å². The van der Waals surface area contributed by atoms with Crippen LogP contribution < -0.4 is 5.56 Å². The summed E-state index contributed by atoms with van der Waals surface area (Å²) in [6, 6.07) is 0. The molecule has 4 rings (SSSR count). The smallest absolute Gasteiger partial charge is 0.264 e. The Morgan fingerprint density at radius 3 is 2.35 bits per heavy atom. The zero-order chi connectivity index (χ0) is 22.1. The number of amides is 2. The molecule has 2 aromatic rings. The number of aromatic nitrogens is 2. The molecule has 2 aromatic heterocycles. The molecule has 2 atom stereocenters. The molecule has 0 unspecified atom stereocenters. The van der Waals surface area contributed by atoms with Crippen LogP contribution in [0.5, 0.6) is 0 Å². The third-order valence-corrected chi connectivity index (χ3v) is 7.72. The van der Waals surface area contributed by atoms with Crippen LogP contribution in [0, 0.1) is 18.8 Å². The largest absolute Gasteiger partial charge is 0.341 e. The predicted octanol–water partition coefficient (Wildman–Crippen LogP) is 3.29. The van der Waals surface area contributed by atoms with Crippen LogP contribution in [0.4, 0.5) is 0 Å². The second kappa shape index (κ2) is 9.10. The maximum Gasteiger partial charge on any atom is 0.264 e. The van der Waals surface area contributed by atoms with Crippen molar-refractivity contribution in [3.05, 3.63) is 27.1 Å². The van der Waals surface area contributed by atoms with Gasteiger partial charge in [0.25, 0.3) is 11.5 Å². The zero-order valence-electron chi connectivity index (χ0n) is 18.7. The van der Waals surface area contributed by atoms with E-state index >= 15 is 0 Å². The molecule has 0 aliphatic carbocycles. The molecule has 0 saturated carbocycles. The van der Waals surface area contributed by atoms with Crippen molar-refractivity contribution in [2.24, 2.45) is 11.8 Å². The highest BCUT2D eigenvalue weighted by Crippen LogP contribution is 2.29. The summed E-state index contributed by atoms with van der Waals surface area (Å²) in [6.07, 6.45) is 6.94. The maximum atomic E-state index is 13.2. The maximum absolute atomic E-state index is 13.2. The van der Waals surface area contributed by atoms with Gasteiger partial charge in [-0.1, -0.05) is 26.7 Å². The molecule has 168 valence electrons. The molecule has 31 heavy (non-hydrogen) atoms. The topological polar surface area (TPSA) is 75.5 Å². The number of thiophene rings is 1. The van der Waals surface area contributed by atoms with E-state index in [-0.39, 0.29) is 23.9 Å². The van der Waals surface area contributed by atoms with E-state index in [1.807, 2.05) is 16.7 Å². The van der Waals surface area contributed by atoms with Crippen molar-refractivity contribution in [2.75, 3.05) is 26.2 Å². The molecule has 0 aromatic carbocycles. The van der Waals surface area contributed by atoms with Crippen molar-refractivity contribution < 1.29 is 9.59 Å². The molecule has 0 N–H and O–H groups in total. The Labute approximate surface area is 187 Å². The molecular formula is C23H32N4O3S. The van der Waals surface area contributed by atoms with E-state index < -0.39 is 0 Å². The van der Waals surface area contributed by atoms with Gasteiger partial charge in [-0.05, 0) is 43.6 Å². The van der Waals surface area contributed by atoms with Crippen LogP contribution >= 0.6 is 11.3 Å². The van der Waals surface area contributed by atoms with Gasteiger partial charge in [0.1, 0.15) is 11.4 Å². The molecule has 2 amide bonds. The summed E-state index contributed by atoms with van der Waals surface area (Å²) in [5.41, 5.74) is 0.453. The number of hydrogen-bond acceptors (Lipinski definition) is 5. The van der Waals surface area contributed by atoms with Gasteiger partial charge in [0.05, 0.1) is 16.6 Å². The minimum Gasteiger partial charge on any atom is -0.341 e. The van der Waals surface area contributed by atoms with Gasteiger partial charge in [0.2, 0.25) is 5.91 Å². The Kier molecular flexibility index (Phi) is 6.46. The molecule has 2 fully saturated rings. The molecule has 4 heterocycles. The average molecular weight is 445 g/mol. The van der Waals surface area contributed by atoms with Crippen LogP contribution in [0.25, 0.3) is 10.2 Å². The van der Waals surface area contributed by atoms with Crippen LogP contribution in [-0.2, 0) is 11.3 Å². The first-order chi connectivity index (χ1) is 14.8. The van der Waals surface area contributed by atoms with Gasteiger partial charge in [0.15, 0.2) is 0 Å². The lowest BCUT2D eigenvalue weighted by atomic mass is 9.92. The fraction of sp³-hybridized carbons (Fsp3) is 0.652. The monoisotopic (exact) mass is 444 g/mol. The van der Waals surface area contributed by atoms with E-state index in [2.05, 4.69) is 18.8 Å². The Bertz CT molecular complexity index is 1030. The fourth-order valence-electron chi connectivity index (χ4n) is 5.01. The van der Waals surface area contributed by atoms with Gasteiger partial charge in [-0.15, -0.1) is 11.3 Å². The van der Waals surface area contributed by atoms with Crippen molar-refractivity contribution in [3.8, 4) is 0 Å². The molecule has 0 spiro atoms. The Hall–Kier alpha value is -2.22. The summed E-state index contributed by atoms with van der Waals surface area (Å²) < 4.78 is 1.40. The van der Waals surface area contributed by atoms with E-state index in [4.69, 9.17) is 0 Å². The first-order valence-corrected chi connectivity index (χ1v) is 12.2. The number of rotatable bonds is 3. The number of piperidine rings is 1. The minimum absolute atomic E-state index is 0.000665. The second-order valence-electron chi connectivity index (χ2n) is 9.37. The SMILES string of the molecule is Cc1c(C(=O)N2CCCCCC2)sc2ncn(CC(=O)N3C[C@H](C)C[C@@H](C)C3)c(=O)c12. The predicted molar refractivity (Wildman–Crippen MR) is 123 cm³/mol. The number of likely N-dealkylation sites (tertiary alicyclic amines) is 2. The van der Waals surface area contributed by atoms with Crippen LogP contribution in [0.3, 0.4) is 0 Å². The number of carbonyl (C=O) groups excluding carboxylic acids is 2. The first kappa shape index (κ1) is 22.0. The van der Waals surface area contributed by atoms with Crippen LogP contribution in [0.2, 0.25) is 0 Å². The summed E-state index contributed by atoms with van der Waals surface area (Å²) in [4.78, 5) is 48.6. The summed E-state index contributed by atoms with van der Waals surface area (Å²) in [5.74, 6) is 0.893. The molecule has 8 heteroatoms. The van der Waals surface area contributed by atoms with Crippen molar-refractivity contribution in [1.29, 1.82) is 0 Å². The van der Waals surface area contributed by atoms with Crippen molar-refractivity contribution in [1.82, 2.24) is 19.4 Å². The Morgan fingerprint density at radius 1 is 1.06 bits per heavy atom. The standard InChI is InChI=1S/C23H32N4O3S/c1-15-10-16(2)12-26(11-15)18(28)13-27-14-24-21-19(22(27)29)17(3)20(31-21)23(30)25-8-6-4-5-7-9-25/h14-16H,4-13H2,1-3H3/t15-,16-/m1/s1. The highest BCUT2D eigenvalue weighted by atomic mass is 32.1. The first-order valence-electron chi connectivity index (χ1n) is 11.4. The minimum atomic E-state index is -0.236. The highest BCUT2D eigenvalue weighted by Gasteiger charge is 2.27. The van der Waals surface area contributed by atoms with Gasteiger partial charge in [0, 0.05) is 26.2 Å². The van der Waals surface area contributed by atoms with E-state index in [0.29, 0.717) is 32.5 Å². The second-order valence-corrected chi connectivity index (χ2v) is 10.4. The van der Waals surface area contributed by atoms with Gasteiger partial charge in [-0.3, -0.25) is 19.0 Å². The zero-order valence-corrected chi connectivity index (χ0v) is 19.5. The van der Waals surface area contributed by atoms with Gasteiger partial charge < -0.3 is 9.80 Å². The third kappa shape index (κ3) is 4.54. The number of hydrogen-bond donors (Lipinski definition) is 0. The normalized spacial score (nSPS) is 22.5. The fourth-order valence-corrected chi connectivity index (χ4v) is 6.11. The van der Waals surface area contributed by atoms with Crippen LogP contribution in [-0.4, -0.2) is 57.3 Å². The lowest BCUT2D eigenvalue weighted by Crippen LogP contribution is -2.44. The molecule has 0 bridgehead atoms. The number of carbonyl (C=O) groups is 2. The summed E-state index contributed by atoms with van der Waals surface area (Å²) in [6.45, 7) is 9.15. The van der Waals surface area contributed by atoms with E-state index in [1.54, 1.807) is 0 Å². The quantitative estimate of drug-likeness (QED) is 0.728. The van der Waals surface area contributed by atoms with E-state index in [0.717, 1.165) is 58.3 Å². The number of nitrogens with zero attached hydrogens (tertiary/aromatic N) is 4. The van der Waals surface area contributed by atoms with Gasteiger partial charge in [-0.25, -0.2) is 4.98 Å². The molecule has 2 saturated heterocycles. The molecule has 2 aliphatic heterocycles. The average Bonchev–Trinajstić information content (AvgIpc) is 2.90. The molecular weight excluding hydrogens is 412 g/mol. The van der Waals surface area contributed by atoms with Crippen LogP contribution in [0.1, 0.15) is 61.2 Å². The summed E-state index contributed by atoms with van der Waals surface area (Å²) in [5, 5.41) is 0.471. The van der Waals surface area contributed by atoms with Crippen molar-refractivity contribution in [3.63, 3.8) is 0 Å². The van der Waals surface area contributed by atoms with E-state index in [1.165, 1.54) is 22.2 Å². The van der Waals surface area contributed by atoms with Gasteiger partial charge in [-0.2, -0.15) is 0 Å². The van der Waals surface area contributed by atoms with E-state index in [9.17, 15) is 14.4 Å². The van der Waals surface area contributed by atoms with Crippen molar-refractivity contribution in [2.45, 2.75) is 59.4 Å². The lowest BCUT2D eigenvalue weighted by Gasteiger charge is -2.35. The Morgan fingerprint density at radius 2 is 1.71 bits per heavy atom. The van der Waals surface area contributed by atoms with Gasteiger partial charge >= 0.3 is 0 Å². The molecule has 2 aliphatic rings. The van der Waals surface area contributed by atoms with Crippen LogP contribution in [0.15, 0.2) is 11.1 Å². The molecule has 7 nitrogen and oxygen atoms in total. The summed E-state index contributed by atoms with van der Waals surface area (Å²) >= 11 is 1.29. The Balaban J connectivity index is 1.59. The number of aryl methyl sites for hydroxylation is 1. The number of fused-ring (bicyclic) bond motifs is 1. The third-order valence-electron chi connectivity index (χ3n) is 6.53.